The molecule has 0 amide bonds. The lowest BCUT2D eigenvalue weighted by Crippen LogP contribution is -2.23. The molecule has 0 aromatic heterocycles. The largest absolute Gasteiger partial charge is 0.481 e. The first-order valence-electron chi connectivity index (χ1n) is 6.43. The molecule has 1 rings (SSSR count). The van der Waals surface area contributed by atoms with Gasteiger partial charge in [0.05, 0.1) is 29.4 Å². The Balaban J connectivity index is 2.46. The van der Waals surface area contributed by atoms with Gasteiger partial charge in [0, 0.05) is 0 Å². The standard InChI is InChI=1S/C13H21NO4S/c1-12(2,9-14)4-3-7-19(17,18)10-13(5-6-13)8-11(15)16/h3-8,10H2,1-2H3,(H,15,16). The molecule has 0 heterocycles. The molecule has 0 aromatic rings. The van der Waals surface area contributed by atoms with E-state index < -0.39 is 26.6 Å². The monoisotopic (exact) mass is 287 g/mol. The maximum absolute atomic E-state index is 12.0. The zero-order valence-corrected chi connectivity index (χ0v) is 12.3. The first-order chi connectivity index (χ1) is 8.60. The van der Waals surface area contributed by atoms with Gasteiger partial charge in [-0.05, 0) is 44.9 Å². The number of carboxylic acid groups (broad SMARTS) is 1. The first kappa shape index (κ1) is 16.0. The molecular formula is C13H21NO4S. The molecule has 0 unspecified atom stereocenters. The summed E-state index contributed by atoms with van der Waals surface area (Å²) in [5.41, 5.74) is -1.02. The van der Waals surface area contributed by atoms with Crippen LogP contribution in [0.4, 0.5) is 0 Å². The lowest BCUT2D eigenvalue weighted by Gasteiger charge is -2.16. The average Bonchev–Trinajstić information content (AvgIpc) is 2.94. The van der Waals surface area contributed by atoms with Gasteiger partial charge in [0.2, 0.25) is 0 Å². The van der Waals surface area contributed by atoms with Gasteiger partial charge in [0.25, 0.3) is 0 Å². The van der Waals surface area contributed by atoms with Gasteiger partial charge in [-0.1, -0.05) is 0 Å². The second-order valence-electron chi connectivity index (χ2n) is 6.26. The van der Waals surface area contributed by atoms with Crippen LogP contribution >= 0.6 is 0 Å². The second-order valence-corrected chi connectivity index (χ2v) is 8.45. The summed E-state index contributed by atoms with van der Waals surface area (Å²) in [6, 6.07) is 2.14. The maximum atomic E-state index is 12.0. The fourth-order valence-electron chi connectivity index (χ4n) is 2.20. The van der Waals surface area contributed by atoms with Gasteiger partial charge in [-0.2, -0.15) is 5.26 Å². The smallest absolute Gasteiger partial charge is 0.303 e. The van der Waals surface area contributed by atoms with E-state index in [2.05, 4.69) is 6.07 Å². The molecule has 5 nitrogen and oxygen atoms in total. The molecule has 1 N–H and O–H groups in total. The average molecular weight is 287 g/mol. The van der Waals surface area contributed by atoms with Crippen molar-refractivity contribution in [3.8, 4) is 6.07 Å². The summed E-state index contributed by atoms with van der Waals surface area (Å²) in [4.78, 5) is 10.7. The Kier molecular flexibility index (Phi) is 4.62. The fraction of sp³-hybridized carbons (Fsp3) is 0.846. The van der Waals surface area contributed by atoms with Crippen molar-refractivity contribution in [1.82, 2.24) is 0 Å². The van der Waals surface area contributed by atoms with Gasteiger partial charge in [-0.15, -0.1) is 0 Å². The molecule has 0 bridgehead atoms. The van der Waals surface area contributed by atoms with E-state index in [1.165, 1.54) is 0 Å². The third kappa shape index (κ3) is 5.60. The van der Waals surface area contributed by atoms with E-state index in [-0.39, 0.29) is 17.9 Å². The van der Waals surface area contributed by atoms with Crippen LogP contribution in [0.15, 0.2) is 0 Å². The van der Waals surface area contributed by atoms with Crippen LogP contribution in [0.5, 0.6) is 0 Å². The minimum Gasteiger partial charge on any atom is -0.481 e. The minimum atomic E-state index is -3.23. The van der Waals surface area contributed by atoms with Crippen molar-refractivity contribution < 1.29 is 18.3 Å². The lowest BCUT2D eigenvalue weighted by molar-refractivity contribution is -0.138. The van der Waals surface area contributed by atoms with Crippen molar-refractivity contribution in [2.75, 3.05) is 11.5 Å². The predicted octanol–water partition coefficient (Wildman–Crippen LogP) is 1.99. The number of nitriles is 1. The number of carboxylic acids is 1. The zero-order chi connectivity index (χ0) is 14.7. The van der Waals surface area contributed by atoms with Crippen molar-refractivity contribution >= 4 is 15.8 Å². The van der Waals surface area contributed by atoms with Crippen LogP contribution in [-0.2, 0) is 14.6 Å². The third-order valence-electron chi connectivity index (χ3n) is 3.57. The lowest BCUT2D eigenvalue weighted by atomic mass is 9.90. The number of carbonyl (C=O) groups is 1. The highest BCUT2D eigenvalue weighted by molar-refractivity contribution is 7.91. The van der Waals surface area contributed by atoms with Crippen LogP contribution in [0.2, 0.25) is 0 Å². The Bertz CT molecular complexity index is 483. The van der Waals surface area contributed by atoms with Crippen LogP contribution in [0.25, 0.3) is 0 Å². The molecule has 1 aliphatic rings. The number of hydrogen-bond donors (Lipinski definition) is 1. The van der Waals surface area contributed by atoms with Crippen LogP contribution in [0, 0.1) is 22.2 Å². The van der Waals surface area contributed by atoms with Gasteiger partial charge >= 0.3 is 5.97 Å². The highest BCUT2D eigenvalue weighted by atomic mass is 32.2. The highest BCUT2D eigenvalue weighted by Gasteiger charge is 2.47. The molecule has 1 saturated carbocycles. The van der Waals surface area contributed by atoms with E-state index in [0.717, 1.165) is 0 Å². The van der Waals surface area contributed by atoms with Gasteiger partial charge < -0.3 is 5.11 Å². The summed E-state index contributed by atoms with van der Waals surface area (Å²) in [5, 5.41) is 17.6. The summed E-state index contributed by atoms with van der Waals surface area (Å²) >= 11 is 0. The van der Waals surface area contributed by atoms with Crippen molar-refractivity contribution in [2.45, 2.75) is 46.0 Å². The molecule has 0 saturated heterocycles. The third-order valence-corrected chi connectivity index (χ3v) is 5.53. The normalized spacial score (nSPS) is 17.7. The summed E-state index contributed by atoms with van der Waals surface area (Å²) in [5.74, 6) is -0.919. The van der Waals surface area contributed by atoms with Crippen LogP contribution in [-0.4, -0.2) is 31.0 Å². The molecule has 0 radical (unpaired) electrons. The van der Waals surface area contributed by atoms with E-state index in [0.29, 0.717) is 25.7 Å². The van der Waals surface area contributed by atoms with E-state index in [1.807, 2.05) is 0 Å². The van der Waals surface area contributed by atoms with Crippen LogP contribution in [0.1, 0.15) is 46.0 Å². The number of sulfone groups is 1. The Labute approximate surface area is 114 Å². The molecule has 108 valence electrons. The molecule has 0 aromatic carbocycles. The van der Waals surface area contributed by atoms with E-state index in [1.54, 1.807) is 13.8 Å². The Morgan fingerprint density at radius 2 is 2.00 bits per heavy atom. The predicted molar refractivity (Wildman–Crippen MR) is 71.2 cm³/mol. The molecule has 1 aliphatic carbocycles. The van der Waals surface area contributed by atoms with Crippen LogP contribution in [0.3, 0.4) is 0 Å². The Hall–Kier alpha value is -1.09. The summed E-state index contributed by atoms with van der Waals surface area (Å²) < 4.78 is 23.9. The topological polar surface area (TPSA) is 95.2 Å². The van der Waals surface area contributed by atoms with Crippen molar-refractivity contribution in [2.24, 2.45) is 10.8 Å². The van der Waals surface area contributed by atoms with Gasteiger partial charge in [-0.3, -0.25) is 4.79 Å². The quantitative estimate of drug-likeness (QED) is 0.736. The molecule has 6 heteroatoms. The van der Waals surface area contributed by atoms with E-state index in [9.17, 15) is 13.2 Å². The van der Waals surface area contributed by atoms with Gasteiger partial charge in [0.1, 0.15) is 0 Å². The number of hydrogen-bond acceptors (Lipinski definition) is 4. The molecular weight excluding hydrogens is 266 g/mol. The summed E-state index contributed by atoms with van der Waals surface area (Å²) in [6.07, 6.45) is 2.29. The minimum absolute atomic E-state index is 0.0285. The fourth-order valence-corrected chi connectivity index (χ4v) is 4.25. The highest BCUT2D eigenvalue weighted by Crippen LogP contribution is 2.50. The van der Waals surface area contributed by atoms with Crippen molar-refractivity contribution in [1.29, 1.82) is 5.26 Å². The summed E-state index contributed by atoms with van der Waals surface area (Å²) in [7, 11) is -3.23. The molecule has 0 aliphatic heterocycles. The van der Waals surface area contributed by atoms with E-state index >= 15 is 0 Å². The Morgan fingerprint density at radius 1 is 1.42 bits per heavy atom. The Morgan fingerprint density at radius 3 is 2.42 bits per heavy atom. The van der Waals surface area contributed by atoms with Crippen molar-refractivity contribution in [3.05, 3.63) is 0 Å². The zero-order valence-electron chi connectivity index (χ0n) is 11.5. The molecule has 0 atom stereocenters. The van der Waals surface area contributed by atoms with Gasteiger partial charge in [-0.25, -0.2) is 8.42 Å². The number of rotatable bonds is 8. The molecule has 19 heavy (non-hydrogen) atoms. The summed E-state index contributed by atoms with van der Waals surface area (Å²) in [6.45, 7) is 3.57. The second kappa shape index (κ2) is 5.49. The molecule has 0 spiro atoms. The van der Waals surface area contributed by atoms with Crippen molar-refractivity contribution in [3.63, 3.8) is 0 Å². The number of nitrogens with zero attached hydrogens (tertiary/aromatic N) is 1. The first-order valence-corrected chi connectivity index (χ1v) is 8.25. The van der Waals surface area contributed by atoms with Crippen LogP contribution < -0.4 is 0 Å². The maximum Gasteiger partial charge on any atom is 0.303 e. The van der Waals surface area contributed by atoms with E-state index in [4.69, 9.17) is 10.4 Å². The number of aliphatic carboxylic acids is 1. The molecule has 1 fully saturated rings. The SMILES string of the molecule is CC(C)(C#N)CCCS(=O)(=O)CC1(CC(=O)O)CC1. The van der Waals surface area contributed by atoms with Gasteiger partial charge in [0.15, 0.2) is 9.84 Å².